The van der Waals surface area contributed by atoms with Crippen molar-refractivity contribution >= 4 is 5.97 Å². The maximum atomic E-state index is 10.5. The number of hydrogen-bond donors (Lipinski definition) is 2. The summed E-state index contributed by atoms with van der Waals surface area (Å²) in [5.74, 6) is -0.577. The molecular weight excluding hydrogens is 270 g/mol. The Bertz CT molecular complexity index is 469. The Kier molecular flexibility index (Phi) is 5.59. The fourth-order valence-corrected chi connectivity index (χ4v) is 2.99. The van der Waals surface area contributed by atoms with E-state index >= 15 is 0 Å². The Balaban J connectivity index is 1.94. The third-order valence-electron chi connectivity index (χ3n) is 4.04. The molecule has 1 atom stereocenters. The molecule has 1 aliphatic rings. The van der Waals surface area contributed by atoms with Crippen LogP contribution in [0.15, 0.2) is 24.3 Å². The van der Waals surface area contributed by atoms with Gasteiger partial charge < -0.3 is 14.9 Å². The molecular formula is C16H23NO4. The lowest BCUT2D eigenvalue weighted by Crippen LogP contribution is -2.39. The van der Waals surface area contributed by atoms with Gasteiger partial charge in [0.25, 0.3) is 0 Å². The minimum absolute atomic E-state index is 0.0271. The zero-order valence-corrected chi connectivity index (χ0v) is 12.4. The number of carbonyl (C=O) groups is 1. The van der Waals surface area contributed by atoms with Crippen LogP contribution in [0.1, 0.15) is 37.8 Å². The van der Waals surface area contributed by atoms with Gasteiger partial charge >= 0.3 is 5.97 Å². The van der Waals surface area contributed by atoms with Crippen LogP contribution in [0.2, 0.25) is 0 Å². The summed E-state index contributed by atoms with van der Waals surface area (Å²) in [6.07, 6.45) is 2.62. The van der Waals surface area contributed by atoms with E-state index in [-0.39, 0.29) is 18.8 Å². The van der Waals surface area contributed by atoms with Crippen LogP contribution in [0.3, 0.4) is 0 Å². The molecule has 5 nitrogen and oxygen atoms in total. The van der Waals surface area contributed by atoms with Gasteiger partial charge in [-0.2, -0.15) is 0 Å². The van der Waals surface area contributed by atoms with Gasteiger partial charge in [-0.25, -0.2) is 4.79 Å². The SMILES string of the molecule is CCC(c1ccccc1O)N1CCC(OCC(=O)O)CC1. The van der Waals surface area contributed by atoms with E-state index < -0.39 is 5.97 Å². The molecule has 0 radical (unpaired) electrons. The average molecular weight is 293 g/mol. The summed E-state index contributed by atoms with van der Waals surface area (Å²) in [4.78, 5) is 12.9. The number of carboxylic acid groups (broad SMARTS) is 1. The van der Waals surface area contributed by atoms with Crippen molar-refractivity contribution in [3.05, 3.63) is 29.8 Å². The Hall–Kier alpha value is -1.59. The molecule has 1 aliphatic heterocycles. The summed E-state index contributed by atoms with van der Waals surface area (Å²) in [6.45, 7) is 3.61. The van der Waals surface area contributed by atoms with Crippen LogP contribution in [0.4, 0.5) is 0 Å². The van der Waals surface area contributed by atoms with Crippen molar-refractivity contribution in [2.75, 3.05) is 19.7 Å². The fraction of sp³-hybridized carbons (Fsp3) is 0.562. The van der Waals surface area contributed by atoms with Crippen molar-refractivity contribution in [3.63, 3.8) is 0 Å². The molecule has 5 heteroatoms. The molecule has 0 spiro atoms. The molecule has 0 amide bonds. The van der Waals surface area contributed by atoms with Crippen LogP contribution in [0.5, 0.6) is 5.75 Å². The molecule has 1 saturated heterocycles. The Labute approximate surface area is 125 Å². The van der Waals surface area contributed by atoms with E-state index in [9.17, 15) is 9.90 Å². The van der Waals surface area contributed by atoms with E-state index in [1.807, 2.05) is 18.2 Å². The molecule has 1 fully saturated rings. The molecule has 0 bridgehead atoms. The smallest absolute Gasteiger partial charge is 0.329 e. The largest absolute Gasteiger partial charge is 0.508 e. The van der Waals surface area contributed by atoms with Gasteiger partial charge in [0.2, 0.25) is 0 Å². The molecule has 2 rings (SSSR count). The van der Waals surface area contributed by atoms with Gasteiger partial charge in [0.15, 0.2) is 0 Å². The van der Waals surface area contributed by atoms with Gasteiger partial charge in [-0.3, -0.25) is 4.90 Å². The molecule has 21 heavy (non-hydrogen) atoms. The molecule has 1 aromatic rings. The summed E-state index contributed by atoms with van der Waals surface area (Å²) in [5, 5.41) is 18.7. The average Bonchev–Trinajstić information content (AvgIpc) is 2.49. The van der Waals surface area contributed by atoms with E-state index in [0.29, 0.717) is 5.75 Å². The maximum absolute atomic E-state index is 10.5. The number of nitrogens with zero attached hydrogens (tertiary/aromatic N) is 1. The molecule has 0 aliphatic carbocycles. The summed E-state index contributed by atoms with van der Waals surface area (Å²) >= 11 is 0. The normalized spacial score (nSPS) is 18.5. The number of carboxylic acids is 1. The number of ether oxygens (including phenoxy) is 1. The van der Waals surface area contributed by atoms with E-state index in [1.54, 1.807) is 6.07 Å². The first-order valence-corrected chi connectivity index (χ1v) is 7.47. The topological polar surface area (TPSA) is 70.0 Å². The highest BCUT2D eigenvalue weighted by atomic mass is 16.5. The minimum atomic E-state index is -0.918. The van der Waals surface area contributed by atoms with Crippen molar-refractivity contribution in [1.29, 1.82) is 0 Å². The second-order valence-electron chi connectivity index (χ2n) is 5.42. The Morgan fingerprint density at radius 2 is 2.05 bits per heavy atom. The lowest BCUT2D eigenvalue weighted by molar-refractivity contribution is -0.145. The monoisotopic (exact) mass is 293 g/mol. The molecule has 1 unspecified atom stereocenters. The van der Waals surface area contributed by atoms with Gasteiger partial charge in [0.05, 0.1) is 6.10 Å². The fourth-order valence-electron chi connectivity index (χ4n) is 2.99. The summed E-state index contributed by atoms with van der Waals surface area (Å²) in [5.41, 5.74) is 0.963. The summed E-state index contributed by atoms with van der Waals surface area (Å²) in [6, 6.07) is 7.67. The lowest BCUT2D eigenvalue weighted by atomic mass is 9.98. The van der Waals surface area contributed by atoms with Crippen molar-refractivity contribution in [3.8, 4) is 5.75 Å². The second kappa shape index (κ2) is 7.43. The van der Waals surface area contributed by atoms with Gasteiger partial charge in [-0.05, 0) is 25.3 Å². The predicted molar refractivity (Wildman–Crippen MR) is 79.3 cm³/mol. The number of phenols is 1. The number of rotatable bonds is 6. The van der Waals surface area contributed by atoms with E-state index in [2.05, 4.69) is 11.8 Å². The van der Waals surface area contributed by atoms with E-state index in [0.717, 1.165) is 37.9 Å². The third kappa shape index (κ3) is 4.19. The van der Waals surface area contributed by atoms with Crippen LogP contribution in [0, 0.1) is 0 Å². The third-order valence-corrected chi connectivity index (χ3v) is 4.04. The standard InChI is InChI=1S/C16H23NO4/c1-2-14(13-5-3-4-6-15(13)18)17-9-7-12(8-10-17)21-11-16(19)20/h3-6,12,14,18H,2,7-11H2,1H3,(H,19,20). The first kappa shape index (κ1) is 15.8. The van der Waals surface area contributed by atoms with Crippen LogP contribution in [-0.4, -0.2) is 46.9 Å². The first-order valence-electron chi connectivity index (χ1n) is 7.47. The highest BCUT2D eigenvalue weighted by Crippen LogP contribution is 2.33. The van der Waals surface area contributed by atoms with E-state index in [1.165, 1.54) is 0 Å². The van der Waals surface area contributed by atoms with E-state index in [4.69, 9.17) is 9.84 Å². The predicted octanol–water partition coefficient (Wildman–Crippen LogP) is 2.41. The van der Waals surface area contributed by atoms with Crippen LogP contribution < -0.4 is 0 Å². The number of para-hydroxylation sites is 1. The van der Waals surface area contributed by atoms with Crippen LogP contribution in [-0.2, 0) is 9.53 Å². The molecule has 0 saturated carbocycles. The molecule has 1 aromatic carbocycles. The molecule has 1 heterocycles. The number of piperidine rings is 1. The number of aliphatic carboxylic acids is 1. The van der Waals surface area contributed by atoms with Gasteiger partial charge in [0.1, 0.15) is 12.4 Å². The molecule has 116 valence electrons. The van der Waals surface area contributed by atoms with Crippen LogP contribution >= 0.6 is 0 Å². The Morgan fingerprint density at radius 3 is 2.62 bits per heavy atom. The highest BCUT2D eigenvalue weighted by molar-refractivity contribution is 5.68. The van der Waals surface area contributed by atoms with Gasteiger partial charge in [-0.15, -0.1) is 0 Å². The van der Waals surface area contributed by atoms with Crippen LogP contribution in [0.25, 0.3) is 0 Å². The zero-order chi connectivity index (χ0) is 15.2. The summed E-state index contributed by atoms with van der Waals surface area (Å²) < 4.78 is 5.36. The number of likely N-dealkylation sites (tertiary alicyclic amines) is 1. The maximum Gasteiger partial charge on any atom is 0.329 e. The van der Waals surface area contributed by atoms with Gasteiger partial charge in [0, 0.05) is 24.7 Å². The summed E-state index contributed by atoms with van der Waals surface area (Å²) in [7, 11) is 0. The second-order valence-corrected chi connectivity index (χ2v) is 5.42. The minimum Gasteiger partial charge on any atom is -0.508 e. The number of benzene rings is 1. The molecule has 0 aromatic heterocycles. The number of aromatic hydroxyl groups is 1. The number of phenolic OH excluding ortho intramolecular Hbond substituents is 1. The zero-order valence-electron chi connectivity index (χ0n) is 12.4. The molecule has 2 N–H and O–H groups in total. The van der Waals surface area contributed by atoms with Crippen molar-refractivity contribution in [2.45, 2.75) is 38.3 Å². The quantitative estimate of drug-likeness (QED) is 0.843. The highest BCUT2D eigenvalue weighted by Gasteiger charge is 2.27. The van der Waals surface area contributed by atoms with Crippen molar-refractivity contribution in [2.24, 2.45) is 0 Å². The van der Waals surface area contributed by atoms with Gasteiger partial charge in [-0.1, -0.05) is 25.1 Å². The van der Waals surface area contributed by atoms with Crippen molar-refractivity contribution in [1.82, 2.24) is 4.90 Å². The first-order chi connectivity index (χ1) is 10.1. The Morgan fingerprint density at radius 1 is 1.38 bits per heavy atom. The number of hydrogen-bond acceptors (Lipinski definition) is 4. The lowest BCUT2D eigenvalue weighted by Gasteiger charge is -2.37. The van der Waals surface area contributed by atoms with Crippen molar-refractivity contribution < 1.29 is 19.7 Å².